The molecule has 1 aliphatic rings. The van der Waals surface area contributed by atoms with E-state index < -0.39 is 0 Å². The quantitative estimate of drug-likeness (QED) is 0.596. The van der Waals surface area contributed by atoms with E-state index in [1.807, 2.05) is 54.7 Å². The molecule has 0 radical (unpaired) electrons. The number of hydrogen-bond acceptors (Lipinski definition) is 6. The van der Waals surface area contributed by atoms with E-state index in [0.29, 0.717) is 6.42 Å². The van der Waals surface area contributed by atoms with E-state index >= 15 is 0 Å². The smallest absolute Gasteiger partial charge is 0.242 e. The van der Waals surface area contributed by atoms with Crippen molar-refractivity contribution in [2.24, 2.45) is 0 Å². The Morgan fingerprint density at radius 2 is 2.03 bits per heavy atom. The third-order valence-electron chi connectivity index (χ3n) is 4.92. The third kappa shape index (κ3) is 4.08. The van der Waals surface area contributed by atoms with Crippen LogP contribution in [0.5, 0.6) is 11.5 Å². The Hall–Kier alpha value is -3.36. The highest BCUT2D eigenvalue weighted by Gasteiger charge is 2.31. The van der Waals surface area contributed by atoms with Gasteiger partial charge in [-0.2, -0.15) is 5.10 Å². The zero-order chi connectivity index (χ0) is 20.2. The van der Waals surface area contributed by atoms with E-state index in [4.69, 9.17) is 9.47 Å². The van der Waals surface area contributed by atoms with Crippen LogP contribution in [0.2, 0.25) is 0 Å². The first-order valence-corrected chi connectivity index (χ1v) is 9.32. The van der Waals surface area contributed by atoms with Gasteiger partial charge in [0.25, 0.3) is 0 Å². The van der Waals surface area contributed by atoms with Gasteiger partial charge in [0, 0.05) is 29.7 Å². The molecule has 29 heavy (non-hydrogen) atoms. The van der Waals surface area contributed by atoms with Gasteiger partial charge < -0.3 is 14.8 Å². The summed E-state index contributed by atoms with van der Waals surface area (Å²) in [5.41, 5.74) is 8.84. The Balaban J connectivity index is 1.43. The number of benzene rings is 2. The number of anilines is 1. The zero-order valence-electron chi connectivity index (χ0n) is 16.3. The molecule has 1 fully saturated rings. The number of nitrogens with one attached hydrogen (secondary N) is 3. The summed E-state index contributed by atoms with van der Waals surface area (Å²) in [6.07, 6.45) is 4.16. The fourth-order valence-corrected chi connectivity index (χ4v) is 3.42. The van der Waals surface area contributed by atoms with E-state index in [1.165, 1.54) is 0 Å². The lowest BCUT2D eigenvalue weighted by atomic mass is 10.0. The van der Waals surface area contributed by atoms with Crippen LogP contribution in [-0.4, -0.2) is 35.9 Å². The van der Waals surface area contributed by atoms with Gasteiger partial charge in [0.05, 0.1) is 25.9 Å². The number of carbonyl (C=O) groups excluding carboxylic acids is 1. The molecule has 3 N–H and O–H groups in total. The summed E-state index contributed by atoms with van der Waals surface area (Å²) in [7, 11) is 3.24. The Morgan fingerprint density at radius 1 is 1.14 bits per heavy atom. The zero-order valence-corrected chi connectivity index (χ0v) is 16.3. The minimum atomic E-state index is -0.375. The van der Waals surface area contributed by atoms with Crippen molar-refractivity contribution in [1.82, 2.24) is 20.6 Å². The molecule has 8 nitrogen and oxygen atoms in total. The first-order chi connectivity index (χ1) is 14.2. The SMILES string of the molecule is COc1ccc(C2CC(C(=O)Nc3cccc(-n4cccn4)c3)NN2)c(OC)c1. The van der Waals surface area contributed by atoms with Crippen LogP contribution in [0.4, 0.5) is 5.69 Å². The number of hydrogen-bond donors (Lipinski definition) is 3. The summed E-state index contributed by atoms with van der Waals surface area (Å²) in [6.45, 7) is 0. The predicted molar refractivity (Wildman–Crippen MR) is 109 cm³/mol. The summed E-state index contributed by atoms with van der Waals surface area (Å²) in [6, 6.07) is 14.7. The first kappa shape index (κ1) is 19.0. The van der Waals surface area contributed by atoms with Gasteiger partial charge in [-0.15, -0.1) is 0 Å². The molecule has 0 saturated carbocycles. The highest BCUT2D eigenvalue weighted by Crippen LogP contribution is 2.33. The van der Waals surface area contributed by atoms with Crippen molar-refractivity contribution in [1.29, 1.82) is 0 Å². The molecule has 1 aliphatic heterocycles. The maximum absolute atomic E-state index is 12.8. The molecule has 0 spiro atoms. The average molecular weight is 393 g/mol. The Labute approximate surface area is 168 Å². The molecule has 3 aromatic rings. The summed E-state index contributed by atoms with van der Waals surface area (Å²) in [4.78, 5) is 12.8. The fourth-order valence-electron chi connectivity index (χ4n) is 3.42. The molecule has 8 heteroatoms. The number of hydrazine groups is 1. The molecule has 1 saturated heterocycles. The second-order valence-electron chi connectivity index (χ2n) is 6.73. The molecule has 2 atom stereocenters. The molecule has 2 aromatic carbocycles. The van der Waals surface area contributed by atoms with Crippen molar-refractivity contribution in [2.75, 3.05) is 19.5 Å². The van der Waals surface area contributed by atoms with Gasteiger partial charge in [-0.25, -0.2) is 15.5 Å². The summed E-state index contributed by atoms with van der Waals surface area (Å²) < 4.78 is 12.5. The van der Waals surface area contributed by atoms with Crippen LogP contribution >= 0.6 is 0 Å². The van der Waals surface area contributed by atoms with E-state index in [9.17, 15) is 4.79 Å². The van der Waals surface area contributed by atoms with Crippen molar-refractivity contribution in [3.05, 3.63) is 66.5 Å². The second kappa shape index (κ2) is 8.34. The van der Waals surface area contributed by atoms with Crippen LogP contribution in [-0.2, 0) is 4.79 Å². The molecular formula is C21H23N5O3. The molecule has 1 aromatic heterocycles. The predicted octanol–water partition coefficient (Wildman–Crippen LogP) is 2.44. The number of methoxy groups -OCH3 is 2. The molecule has 4 rings (SSSR count). The second-order valence-corrected chi connectivity index (χ2v) is 6.73. The van der Waals surface area contributed by atoms with Gasteiger partial charge >= 0.3 is 0 Å². The maximum Gasteiger partial charge on any atom is 0.242 e. The highest BCUT2D eigenvalue weighted by molar-refractivity contribution is 5.95. The fraction of sp³-hybridized carbons (Fsp3) is 0.238. The van der Waals surface area contributed by atoms with Crippen LogP contribution in [0.25, 0.3) is 5.69 Å². The topological polar surface area (TPSA) is 89.4 Å². The third-order valence-corrected chi connectivity index (χ3v) is 4.92. The monoisotopic (exact) mass is 393 g/mol. The van der Waals surface area contributed by atoms with Crippen LogP contribution in [0.3, 0.4) is 0 Å². The van der Waals surface area contributed by atoms with Gasteiger partial charge in [0.1, 0.15) is 17.5 Å². The van der Waals surface area contributed by atoms with Crippen molar-refractivity contribution in [3.8, 4) is 17.2 Å². The molecule has 150 valence electrons. The summed E-state index contributed by atoms with van der Waals surface area (Å²) >= 11 is 0. The minimum absolute atomic E-state index is 0.0537. The molecule has 0 aliphatic carbocycles. The summed E-state index contributed by atoms with van der Waals surface area (Å²) in [5.74, 6) is 1.34. The largest absolute Gasteiger partial charge is 0.497 e. The van der Waals surface area contributed by atoms with Crippen molar-refractivity contribution in [2.45, 2.75) is 18.5 Å². The molecular weight excluding hydrogens is 370 g/mol. The van der Waals surface area contributed by atoms with Crippen molar-refractivity contribution < 1.29 is 14.3 Å². The molecule has 0 bridgehead atoms. The van der Waals surface area contributed by atoms with Crippen LogP contribution < -0.4 is 25.6 Å². The van der Waals surface area contributed by atoms with Gasteiger partial charge in [0.2, 0.25) is 5.91 Å². The Bertz CT molecular complexity index is 990. The number of carbonyl (C=O) groups is 1. The summed E-state index contributed by atoms with van der Waals surface area (Å²) in [5, 5.41) is 7.19. The number of nitrogens with zero attached hydrogens (tertiary/aromatic N) is 2. The number of ether oxygens (including phenoxy) is 2. The van der Waals surface area contributed by atoms with Gasteiger partial charge in [-0.1, -0.05) is 12.1 Å². The van der Waals surface area contributed by atoms with Crippen LogP contribution in [0.15, 0.2) is 60.9 Å². The standard InChI is InChI=1S/C21H23N5O3/c1-28-16-7-8-17(20(12-16)29-2)18-13-19(25-24-18)21(27)23-14-5-3-6-15(11-14)26-10-4-9-22-26/h3-12,18-19,24-25H,13H2,1-2H3,(H,23,27). The highest BCUT2D eigenvalue weighted by atomic mass is 16.5. The van der Waals surface area contributed by atoms with E-state index in [0.717, 1.165) is 28.4 Å². The van der Waals surface area contributed by atoms with E-state index in [1.54, 1.807) is 25.1 Å². The molecule has 1 amide bonds. The lowest BCUT2D eigenvalue weighted by Gasteiger charge is -2.15. The Morgan fingerprint density at radius 3 is 2.79 bits per heavy atom. The van der Waals surface area contributed by atoms with Crippen LogP contribution in [0.1, 0.15) is 18.0 Å². The minimum Gasteiger partial charge on any atom is -0.497 e. The van der Waals surface area contributed by atoms with E-state index in [-0.39, 0.29) is 18.0 Å². The van der Waals surface area contributed by atoms with Gasteiger partial charge in [0.15, 0.2) is 0 Å². The Kier molecular flexibility index (Phi) is 5.46. The normalized spacial score (nSPS) is 18.4. The first-order valence-electron chi connectivity index (χ1n) is 9.32. The maximum atomic E-state index is 12.8. The van der Waals surface area contributed by atoms with Gasteiger partial charge in [-0.3, -0.25) is 4.79 Å². The lowest BCUT2D eigenvalue weighted by Crippen LogP contribution is -2.39. The number of rotatable bonds is 6. The number of aromatic nitrogens is 2. The van der Waals surface area contributed by atoms with Gasteiger partial charge in [-0.05, 0) is 36.8 Å². The average Bonchev–Trinajstić information content (AvgIpc) is 3.46. The van der Waals surface area contributed by atoms with Crippen LogP contribution in [0, 0.1) is 0 Å². The van der Waals surface area contributed by atoms with Crippen molar-refractivity contribution >= 4 is 11.6 Å². The number of amides is 1. The lowest BCUT2D eigenvalue weighted by molar-refractivity contribution is -0.117. The van der Waals surface area contributed by atoms with Crippen molar-refractivity contribution in [3.63, 3.8) is 0 Å². The molecule has 2 heterocycles. The molecule has 2 unspecified atom stereocenters. The van der Waals surface area contributed by atoms with E-state index in [2.05, 4.69) is 21.3 Å².